The molecule has 2 atom stereocenters. The summed E-state index contributed by atoms with van der Waals surface area (Å²) < 4.78 is 5.20. The van der Waals surface area contributed by atoms with Crippen LogP contribution in [0.25, 0.3) is 0 Å². The number of anilines is 1. The maximum atomic E-state index is 10.9. The van der Waals surface area contributed by atoms with Gasteiger partial charge in [0.1, 0.15) is 11.9 Å². The van der Waals surface area contributed by atoms with E-state index in [-0.39, 0.29) is 6.04 Å². The molecule has 3 rings (SSSR count). The van der Waals surface area contributed by atoms with Gasteiger partial charge in [-0.25, -0.2) is 0 Å². The molecule has 3 aromatic rings. The second-order valence-corrected chi connectivity index (χ2v) is 5.62. The van der Waals surface area contributed by atoms with Gasteiger partial charge in [0.25, 0.3) is 0 Å². The first-order valence-electron chi connectivity index (χ1n) is 7.96. The highest BCUT2D eigenvalue weighted by molar-refractivity contribution is 5.49. The van der Waals surface area contributed by atoms with E-state index in [0.717, 1.165) is 22.6 Å². The van der Waals surface area contributed by atoms with Crippen molar-refractivity contribution in [3.63, 3.8) is 0 Å². The zero-order chi connectivity index (χ0) is 16.8. The van der Waals surface area contributed by atoms with Crippen molar-refractivity contribution in [2.45, 2.75) is 12.1 Å². The maximum absolute atomic E-state index is 10.9. The number of benzene rings is 3. The van der Waals surface area contributed by atoms with Crippen molar-refractivity contribution >= 4 is 5.69 Å². The molecule has 3 nitrogen and oxygen atoms in total. The average molecular weight is 319 g/mol. The van der Waals surface area contributed by atoms with Crippen LogP contribution in [0.3, 0.4) is 0 Å². The first-order valence-corrected chi connectivity index (χ1v) is 7.96. The highest BCUT2D eigenvalue weighted by Gasteiger charge is 2.22. The fourth-order valence-corrected chi connectivity index (χ4v) is 2.71. The molecule has 0 aliphatic heterocycles. The van der Waals surface area contributed by atoms with Gasteiger partial charge < -0.3 is 15.2 Å². The molecule has 24 heavy (non-hydrogen) atoms. The molecule has 0 bridgehead atoms. The minimum atomic E-state index is -0.657. The highest BCUT2D eigenvalue weighted by Crippen LogP contribution is 2.32. The number of methoxy groups -OCH3 is 1. The Morgan fingerprint density at radius 3 is 1.83 bits per heavy atom. The molecule has 0 amide bonds. The number of ether oxygens (including phenoxy) is 1. The van der Waals surface area contributed by atoms with Crippen LogP contribution < -0.4 is 10.1 Å². The number of nitrogens with one attached hydrogen (secondary N) is 1. The Hall–Kier alpha value is -2.78. The average Bonchev–Trinajstić information content (AvgIpc) is 2.67. The van der Waals surface area contributed by atoms with Gasteiger partial charge in [0.15, 0.2) is 0 Å². The van der Waals surface area contributed by atoms with E-state index in [0.29, 0.717) is 0 Å². The monoisotopic (exact) mass is 319 g/mol. The normalized spacial score (nSPS) is 13.1. The molecule has 0 saturated carbocycles. The van der Waals surface area contributed by atoms with Crippen LogP contribution in [-0.2, 0) is 0 Å². The lowest BCUT2D eigenvalue weighted by molar-refractivity contribution is 0.155. The highest BCUT2D eigenvalue weighted by atomic mass is 16.5. The molecular formula is C21H21NO2. The fourth-order valence-electron chi connectivity index (χ4n) is 2.71. The summed E-state index contributed by atoms with van der Waals surface area (Å²) in [6.45, 7) is 0. The summed E-state index contributed by atoms with van der Waals surface area (Å²) in [6.07, 6.45) is -0.657. The second kappa shape index (κ2) is 7.66. The molecule has 0 aliphatic rings. The molecule has 2 N–H and O–H groups in total. The van der Waals surface area contributed by atoms with Crippen molar-refractivity contribution in [1.82, 2.24) is 0 Å². The van der Waals surface area contributed by atoms with Crippen molar-refractivity contribution in [3.8, 4) is 5.75 Å². The van der Waals surface area contributed by atoms with Crippen LogP contribution in [0.4, 0.5) is 5.69 Å². The first-order chi connectivity index (χ1) is 11.8. The van der Waals surface area contributed by atoms with Gasteiger partial charge in [0.05, 0.1) is 13.2 Å². The van der Waals surface area contributed by atoms with Gasteiger partial charge in [-0.3, -0.25) is 0 Å². The van der Waals surface area contributed by atoms with Crippen LogP contribution in [0.15, 0.2) is 84.9 Å². The standard InChI is InChI=1S/C21H21NO2/c1-24-19-14-12-18(13-15-19)22-20(16-8-4-2-5-9-16)21(23)17-10-6-3-7-11-17/h2-15,20-23H,1H3/t20-,21-/m1/s1. The molecule has 0 heterocycles. The van der Waals surface area contributed by atoms with E-state index in [4.69, 9.17) is 4.74 Å². The molecule has 0 aromatic heterocycles. The Kier molecular flexibility index (Phi) is 5.14. The summed E-state index contributed by atoms with van der Waals surface area (Å²) in [7, 11) is 1.65. The van der Waals surface area contributed by atoms with Crippen LogP contribution in [0.2, 0.25) is 0 Å². The van der Waals surface area contributed by atoms with E-state index in [9.17, 15) is 5.11 Å². The van der Waals surface area contributed by atoms with E-state index >= 15 is 0 Å². The minimum absolute atomic E-state index is 0.248. The molecule has 3 aromatic carbocycles. The van der Waals surface area contributed by atoms with Crippen LogP contribution in [0, 0.1) is 0 Å². The number of hydrogen-bond donors (Lipinski definition) is 2. The predicted molar refractivity (Wildman–Crippen MR) is 97.2 cm³/mol. The lowest BCUT2D eigenvalue weighted by atomic mass is 9.95. The lowest BCUT2D eigenvalue weighted by Crippen LogP contribution is -2.19. The number of aliphatic hydroxyl groups excluding tert-OH is 1. The summed E-state index contributed by atoms with van der Waals surface area (Å²) in [5.41, 5.74) is 2.84. The zero-order valence-electron chi connectivity index (χ0n) is 13.6. The van der Waals surface area contributed by atoms with Gasteiger partial charge in [-0.15, -0.1) is 0 Å². The lowest BCUT2D eigenvalue weighted by Gasteiger charge is -2.26. The Balaban J connectivity index is 1.90. The summed E-state index contributed by atoms with van der Waals surface area (Å²) in [4.78, 5) is 0. The van der Waals surface area contributed by atoms with Gasteiger partial charge in [0, 0.05) is 5.69 Å². The molecule has 0 saturated heterocycles. The zero-order valence-corrected chi connectivity index (χ0v) is 13.6. The van der Waals surface area contributed by atoms with Gasteiger partial charge in [-0.2, -0.15) is 0 Å². The quantitative estimate of drug-likeness (QED) is 0.698. The summed E-state index contributed by atoms with van der Waals surface area (Å²) in [6, 6.07) is 27.1. The Morgan fingerprint density at radius 1 is 0.750 bits per heavy atom. The molecule has 3 heteroatoms. The van der Waals surface area contributed by atoms with E-state index in [1.54, 1.807) is 7.11 Å². The van der Waals surface area contributed by atoms with Crippen molar-refractivity contribution in [2.24, 2.45) is 0 Å². The van der Waals surface area contributed by atoms with Gasteiger partial charge >= 0.3 is 0 Å². The second-order valence-electron chi connectivity index (χ2n) is 5.62. The van der Waals surface area contributed by atoms with Crippen molar-refractivity contribution in [1.29, 1.82) is 0 Å². The van der Waals surface area contributed by atoms with E-state index in [2.05, 4.69) is 5.32 Å². The maximum Gasteiger partial charge on any atom is 0.119 e. The Bertz CT molecular complexity index is 742. The van der Waals surface area contributed by atoms with Crippen LogP contribution in [0.5, 0.6) is 5.75 Å². The van der Waals surface area contributed by atoms with Crippen LogP contribution >= 0.6 is 0 Å². The SMILES string of the molecule is COc1ccc(N[C@H](c2ccccc2)[C@H](O)c2ccccc2)cc1. The van der Waals surface area contributed by atoms with Crippen molar-refractivity contribution in [3.05, 3.63) is 96.1 Å². The summed E-state index contributed by atoms with van der Waals surface area (Å²) in [5, 5.41) is 14.3. The van der Waals surface area contributed by atoms with Crippen molar-refractivity contribution < 1.29 is 9.84 Å². The molecule has 0 unspecified atom stereocenters. The number of hydrogen-bond acceptors (Lipinski definition) is 3. The predicted octanol–water partition coefficient (Wildman–Crippen LogP) is 4.58. The molecule has 0 radical (unpaired) electrons. The van der Waals surface area contributed by atoms with E-state index in [1.807, 2.05) is 84.9 Å². The fraction of sp³-hybridized carbons (Fsp3) is 0.143. The van der Waals surface area contributed by atoms with E-state index < -0.39 is 6.10 Å². The number of aliphatic hydroxyl groups is 1. The van der Waals surface area contributed by atoms with Gasteiger partial charge in [0.2, 0.25) is 0 Å². The van der Waals surface area contributed by atoms with E-state index in [1.165, 1.54) is 0 Å². The molecular weight excluding hydrogens is 298 g/mol. The smallest absolute Gasteiger partial charge is 0.119 e. The summed E-state index contributed by atoms with van der Waals surface area (Å²) in [5.74, 6) is 0.806. The Morgan fingerprint density at radius 2 is 1.29 bits per heavy atom. The first kappa shape index (κ1) is 16.1. The third kappa shape index (κ3) is 3.76. The van der Waals surface area contributed by atoms with Crippen LogP contribution in [-0.4, -0.2) is 12.2 Å². The van der Waals surface area contributed by atoms with Gasteiger partial charge in [-0.1, -0.05) is 60.7 Å². The summed E-state index contributed by atoms with van der Waals surface area (Å²) >= 11 is 0. The molecule has 0 aliphatic carbocycles. The topological polar surface area (TPSA) is 41.5 Å². The van der Waals surface area contributed by atoms with Crippen LogP contribution in [0.1, 0.15) is 23.3 Å². The van der Waals surface area contributed by atoms with Crippen molar-refractivity contribution in [2.75, 3.05) is 12.4 Å². The molecule has 122 valence electrons. The minimum Gasteiger partial charge on any atom is -0.497 e. The van der Waals surface area contributed by atoms with Gasteiger partial charge in [-0.05, 0) is 35.4 Å². The number of rotatable bonds is 6. The molecule has 0 fully saturated rings. The third-order valence-electron chi connectivity index (χ3n) is 4.03. The Labute approximate surface area is 142 Å². The third-order valence-corrected chi connectivity index (χ3v) is 4.03. The largest absolute Gasteiger partial charge is 0.497 e. The molecule has 0 spiro atoms.